The second-order valence-electron chi connectivity index (χ2n) is 7.24. The Hall–Kier alpha value is -2.78. The van der Waals surface area contributed by atoms with Crippen molar-refractivity contribution in [2.75, 3.05) is 18.0 Å². The Labute approximate surface area is 179 Å². The number of aromatic nitrogens is 1. The lowest BCUT2D eigenvalue weighted by Gasteiger charge is -2.31. The number of hydrogen-bond acceptors (Lipinski definition) is 5. The maximum atomic E-state index is 9.48. The first-order chi connectivity index (χ1) is 14.2. The van der Waals surface area contributed by atoms with E-state index < -0.39 is 0 Å². The molecule has 3 aromatic rings. The highest BCUT2D eigenvalue weighted by molar-refractivity contribution is 9.10. The van der Waals surface area contributed by atoms with Crippen LogP contribution in [0.5, 0.6) is 5.75 Å². The average molecular weight is 452 g/mol. The lowest BCUT2D eigenvalue weighted by molar-refractivity contribution is 0.262. The molecule has 0 spiro atoms. The molecule has 1 aliphatic heterocycles. The molecular weight excluding hydrogens is 430 g/mol. The van der Waals surface area contributed by atoms with Gasteiger partial charge < -0.3 is 14.1 Å². The zero-order chi connectivity index (χ0) is 20.1. The quantitative estimate of drug-likeness (QED) is 0.505. The van der Waals surface area contributed by atoms with Crippen molar-refractivity contribution in [1.82, 2.24) is 4.98 Å². The smallest absolute Gasteiger partial charge is 0.236 e. The van der Waals surface area contributed by atoms with Gasteiger partial charge in [0.2, 0.25) is 17.5 Å². The maximum absolute atomic E-state index is 9.48. The van der Waals surface area contributed by atoms with Crippen molar-refractivity contribution in [1.29, 1.82) is 5.26 Å². The van der Waals surface area contributed by atoms with E-state index in [1.54, 1.807) is 0 Å². The van der Waals surface area contributed by atoms with E-state index in [4.69, 9.17) is 9.15 Å². The van der Waals surface area contributed by atoms with E-state index in [0.29, 0.717) is 23.4 Å². The number of piperidine rings is 1. The van der Waals surface area contributed by atoms with E-state index in [1.165, 1.54) is 5.56 Å². The molecule has 6 heteroatoms. The van der Waals surface area contributed by atoms with Gasteiger partial charge in [0.15, 0.2) is 6.61 Å². The largest absolute Gasteiger partial charge is 0.484 e. The third-order valence-corrected chi connectivity index (χ3v) is 5.73. The molecule has 0 atom stereocenters. The van der Waals surface area contributed by atoms with Crippen molar-refractivity contribution in [2.24, 2.45) is 5.92 Å². The van der Waals surface area contributed by atoms with E-state index in [9.17, 15) is 5.26 Å². The van der Waals surface area contributed by atoms with E-state index in [-0.39, 0.29) is 6.61 Å². The van der Waals surface area contributed by atoms with Crippen LogP contribution >= 0.6 is 15.9 Å². The fraction of sp³-hybridized carbons (Fsp3) is 0.304. The third kappa shape index (κ3) is 4.99. The highest BCUT2D eigenvalue weighted by Crippen LogP contribution is 2.29. The molecule has 5 nitrogen and oxygen atoms in total. The van der Waals surface area contributed by atoms with E-state index in [0.717, 1.165) is 42.6 Å². The van der Waals surface area contributed by atoms with Gasteiger partial charge in [-0.2, -0.15) is 10.2 Å². The van der Waals surface area contributed by atoms with Crippen molar-refractivity contribution in [3.63, 3.8) is 0 Å². The number of halogens is 1. The zero-order valence-electron chi connectivity index (χ0n) is 16.1. The van der Waals surface area contributed by atoms with Crippen LogP contribution in [0.25, 0.3) is 0 Å². The summed E-state index contributed by atoms with van der Waals surface area (Å²) in [5.41, 5.74) is 1.72. The predicted molar refractivity (Wildman–Crippen MR) is 115 cm³/mol. The molecule has 0 amide bonds. The number of nitriles is 1. The van der Waals surface area contributed by atoms with Crippen LogP contribution in [0.2, 0.25) is 0 Å². The average Bonchev–Trinajstić information content (AvgIpc) is 3.18. The molecule has 148 valence electrons. The second-order valence-corrected chi connectivity index (χ2v) is 8.15. The Morgan fingerprint density at radius 1 is 1.10 bits per heavy atom. The van der Waals surface area contributed by atoms with Crippen LogP contribution in [0.15, 0.2) is 63.5 Å². The Morgan fingerprint density at radius 3 is 2.52 bits per heavy atom. The van der Waals surface area contributed by atoms with Gasteiger partial charge in [-0.3, -0.25) is 0 Å². The molecule has 0 aliphatic carbocycles. The van der Waals surface area contributed by atoms with Crippen LogP contribution in [0.4, 0.5) is 5.88 Å². The molecule has 0 saturated carbocycles. The monoisotopic (exact) mass is 451 g/mol. The highest BCUT2D eigenvalue weighted by Gasteiger charge is 2.25. The molecule has 0 bridgehead atoms. The van der Waals surface area contributed by atoms with Crippen molar-refractivity contribution in [2.45, 2.75) is 25.9 Å². The van der Waals surface area contributed by atoms with E-state index in [1.807, 2.05) is 24.3 Å². The Bertz CT molecular complexity index is 972. The minimum atomic E-state index is 0.195. The number of rotatable bonds is 6. The molecule has 4 rings (SSSR count). The van der Waals surface area contributed by atoms with Crippen LogP contribution in [-0.2, 0) is 13.0 Å². The van der Waals surface area contributed by atoms with Gasteiger partial charge in [0.1, 0.15) is 11.8 Å². The lowest BCUT2D eigenvalue weighted by atomic mass is 9.90. The first-order valence-electron chi connectivity index (χ1n) is 9.78. The number of benzene rings is 2. The van der Waals surface area contributed by atoms with Gasteiger partial charge in [0, 0.05) is 17.6 Å². The molecule has 1 saturated heterocycles. The van der Waals surface area contributed by atoms with Crippen molar-refractivity contribution in [3.8, 4) is 11.8 Å². The Kier molecular flexibility index (Phi) is 6.16. The van der Waals surface area contributed by atoms with Gasteiger partial charge in [-0.25, -0.2) is 0 Å². The first-order valence-corrected chi connectivity index (χ1v) is 10.6. The molecular formula is C23H22BrN3O2. The topological polar surface area (TPSA) is 62.3 Å². The minimum absolute atomic E-state index is 0.195. The van der Waals surface area contributed by atoms with Crippen molar-refractivity contribution >= 4 is 21.8 Å². The van der Waals surface area contributed by atoms with Gasteiger partial charge >= 0.3 is 0 Å². The summed E-state index contributed by atoms with van der Waals surface area (Å²) in [7, 11) is 0. The SMILES string of the molecule is N#Cc1nc(COc2ccc(Br)cc2)oc1N1CCC(Cc2ccccc2)CC1. The molecule has 1 fully saturated rings. The Morgan fingerprint density at radius 2 is 1.83 bits per heavy atom. The summed E-state index contributed by atoms with van der Waals surface area (Å²) in [4.78, 5) is 6.45. The normalized spacial score (nSPS) is 14.6. The fourth-order valence-electron chi connectivity index (χ4n) is 3.67. The van der Waals surface area contributed by atoms with Gasteiger partial charge in [-0.1, -0.05) is 46.3 Å². The second kappa shape index (κ2) is 9.15. The predicted octanol–water partition coefficient (Wildman–Crippen LogP) is 5.35. The zero-order valence-corrected chi connectivity index (χ0v) is 17.6. The lowest BCUT2D eigenvalue weighted by Crippen LogP contribution is -2.34. The summed E-state index contributed by atoms with van der Waals surface area (Å²) in [5, 5.41) is 9.48. The van der Waals surface area contributed by atoms with E-state index in [2.05, 4.69) is 62.2 Å². The number of oxazole rings is 1. The summed E-state index contributed by atoms with van der Waals surface area (Å²) >= 11 is 3.40. The molecule has 0 unspecified atom stereocenters. The molecule has 29 heavy (non-hydrogen) atoms. The first kappa shape index (κ1) is 19.5. The van der Waals surface area contributed by atoms with Gasteiger partial charge in [0.25, 0.3) is 0 Å². The summed E-state index contributed by atoms with van der Waals surface area (Å²) in [6.45, 7) is 1.93. The summed E-state index contributed by atoms with van der Waals surface area (Å²) in [6.07, 6.45) is 3.25. The van der Waals surface area contributed by atoms with Crippen molar-refractivity contribution in [3.05, 3.63) is 76.2 Å². The van der Waals surface area contributed by atoms with Crippen LogP contribution in [0.1, 0.15) is 30.0 Å². The van der Waals surface area contributed by atoms with Gasteiger partial charge in [0.05, 0.1) is 0 Å². The maximum Gasteiger partial charge on any atom is 0.236 e. The van der Waals surface area contributed by atoms with Gasteiger partial charge in [-0.15, -0.1) is 0 Å². The van der Waals surface area contributed by atoms with Gasteiger partial charge in [-0.05, 0) is 55.0 Å². The van der Waals surface area contributed by atoms with Crippen LogP contribution in [-0.4, -0.2) is 18.1 Å². The van der Waals surface area contributed by atoms with Crippen LogP contribution < -0.4 is 9.64 Å². The number of ether oxygens (including phenoxy) is 1. The third-order valence-electron chi connectivity index (χ3n) is 5.20. The van der Waals surface area contributed by atoms with Crippen molar-refractivity contribution < 1.29 is 9.15 Å². The molecule has 2 heterocycles. The summed E-state index contributed by atoms with van der Waals surface area (Å²) in [6, 6.07) is 20.3. The fourth-order valence-corrected chi connectivity index (χ4v) is 3.93. The highest BCUT2D eigenvalue weighted by atomic mass is 79.9. The van der Waals surface area contributed by atoms with Crippen LogP contribution in [0, 0.1) is 17.2 Å². The van der Waals surface area contributed by atoms with Crippen LogP contribution in [0.3, 0.4) is 0 Å². The molecule has 1 aliphatic rings. The summed E-state index contributed by atoms with van der Waals surface area (Å²) in [5.74, 6) is 2.38. The minimum Gasteiger partial charge on any atom is -0.484 e. The number of hydrogen-bond donors (Lipinski definition) is 0. The van der Waals surface area contributed by atoms with E-state index >= 15 is 0 Å². The molecule has 0 radical (unpaired) electrons. The molecule has 2 aromatic carbocycles. The number of anilines is 1. The number of nitrogens with zero attached hydrogens (tertiary/aromatic N) is 3. The Balaban J connectivity index is 1.36. The molecule has 0 N–H and O–H groups in total. The molecule has 1 aromatic heterocycles. The summed E-state index contributed by atoms with van der Waals surface area (Å²) < 4.78 is 12.6. The standard InChI is InChI=1S/C23H22BrN3O2/c24-19-6-8-20(9-7-19)28-16-22-26-21(15-25)23(29-22)27-12-10-18(11-13-27)14-17-4-2-1-3-5-17/h1-9,18H,10-14,16H2.